The predicted molar refractivity (Wildman–Crippen MR) is 73.1 cm³/mol. The molecule has 18 heavy (non-hydrogen) atoms. The molecule has 94 valence electrons. The van der Waals surface area contributed by atoms with Crippen LogP contribution in [0.3, 0.4) is 0 Å². The van der Waals surface area contributed by atoms with E-state index < -0.39 is 0 Å². The van der Waals surface area contributed by atoms with E-state index in [1.807, 2.05) is 30.3 Å². The zero-order valence-corrected chi connectivity index (χ0v) is 10.6. The number of fused-ring (bicyclic) bond motifs is 1. The Morgan fingerprint density at radius 3 is 2.94 bits per heavy atom. The molecular formula is C15H18N2O. The van der Waals surface area contributed by atoms with Gasteiger partial charge in [-0.15, -0.1) is 0 Å². The highest BCUT2D eigenvalue weighted by Gasteiger charge is 2.03. The molecule has 1 N–H and O–H groups in total. The largest absolute Gasteiger partial charge is 0.352 e. The summed E-state index contributed by atoms with van der Waals surface area (Å²) in [7, 11) is 0. The minimum Gasteiger partial charge on any atom is -0.352 e. The number of unbranched alkanes of at least 4 members (excludes halogenated alkanes) is 1. The number of nitrogens with zero attached hydrogens (tertiary/aromatic N) is 1. The normalized spacial score (nSPS) is 10.5. The topological polar surface area (TPSA) is 42.0 Å². The van der Waals surface area contributed by atoms with E-state index in [9.17, 15) is 4.79 Å². The molecular weight excluding hydrogens is 224 g/mol. The van der Waals surface area contributed by atoms with Crippen molar-refractivity contribution in [3.05, 3.63) is 42.1 Å². The summed E-state index contributed by atoms with van der Waals surface area (Å²) in [6, 6.07) is 9.95. The highest BCUT2D eigenvalue weighted by molar-refractivity contribution is 5.82. The fraction of sp³-hybridized carbons (Fsp3) is 0.333. The van der Waals surface area contributed by atoms with E-state index >= 15 is 0 Å². The van der Waals surface area contributed by atoms with Crippen molar-refractivity contribution in [1.29, 1.82) is 0 Å². The zero-order valence-electron chi connectivity index (χ0n) is 10.6. The van der Waals surface area contributed by atoms with Crippen LogP contribution in [-0.4, -0.2) is 10.9 Å². The Bertz CT molecular complexity index is 532. The lowest BCUT2D eigenvalue weighted by Gasteiger charge is -2.07. The van der Waals surface area contributed by atoms with E-state index in [0.29, 0.717) is 13.0 Å². The van der Waals surface area contributed by atoms with Crippen LogP contribution in [0.2, 0.25) is 0 Å². The Morgan fingerprint density at radius 1 is 1.28 bits per heavy atom. The Kier molecular flexibility index (Phi) is 4.29. The maximum absolute atomic E-state index is 11.6. The number of rotatable bonds is 5. The predicted octanol–water partition coefficient (Wildman–Crippen LogP) is 3.04. The Balaban J connectivity index is 2.05. The molecule has 0 atom stereocenters. The quantitative estimate of drug-likeness (QED) is 0.875. The highest BCUT2D eigenvalue weighted by Crippen LogP contribution is 2.15. The molecule has 1 amide bonds. The van der Waals surface area contributed by atoms with Crippen molar-refractivity contribution >= 4 is 16.8 Å². The highest BCUT2D eigenvalue weighted by atomic mass is 16.1. The summed E-state index contributed by atoms with van der Waals surface area (Å²) < 4.78 is 0. The molecule has 0 unspecified atom stereocenters. The third-order valence-corrected chi connectivity index (χ3v) is 2.97. The van der Waals surface area contributed by atoms with Crippen LogP contribution in [0, 0.1) is 0 Å². The van der Waals surface area contributed by atoms with Gasteiger partial charge in [-0.05, 0) is 24.1 Å². The summed E-state index contributed by atoms with van der Waals surface area (Å²) in [5.41, 5.74) is 2.09. The van der Waals surface area contributed by atoms with Crippen LogP contribution in [0.15, 0.2) is 36.5 Å². The molecule has 1 aromatic heterocycles. The Labute approximate surface area is 107 Å². The van der Waals surface area contributed by atoms with Crippen molar-refractivity contribution in [1.82, 2.24) is 10.3 Å². The summed E-state index contributed by atoms with van der Waals surface area (Å²) in [5, 5.41) is 4.07. The van der Waals surface area contributed by atoms with Gasteiger partial charge in [-0.25, -0.2) is 0 Å². The number of hydrogen-bond acceptors (Lipinski definition) is 2. The van der Waals surface area contributed by atoms with Crippen molar-refractivity contribution in [3.63, 3.8) is 0 Å². The Hall–Kier alpha value is -1.90. The van der Waals surface area contributed by atoms with E-state index in [-0.39, 0.29) is 5.91 Å². The van der Waals surface area contributed by atoms with Gasteiger partial charge in [0.25, 0.3) is 0 Å². The third kappa shape index (κ3) is 3.06. The first-order valence-corrected chi connectivity index (χ1v) is 6.40. The van der Waals surface area contributed by atoms with E-state index in [1.54, 1.807) is 6.20 Å². The van der Waals surface area contributed by atoms with Gasteiger partial charge in [-0.3, -0.25) is 9.78 Å². The maximum Gasteiger partial charge on any atom is 0.220 e. The van der Waals surface area contributed by atoms with Crippen LogP contribution in [0.25, 0.3) is 10.9 Å². The molecule has 1 aromatic carbocycles. The molecule has 1 heterocycles. The zero-order chi connectivity index (χ0) is 12.8. The van der Waals surface area contributed by atoms with E-state index in [1.165, 1.54) is 0 Å². The standard InChI is InChI=1S/C15H18N2O/c1-2-3-8-15(18)17-11-12-9-10-16-14-7-5-4-6-13(12)14/h4-7,9-10H,2-3,8,11H2,1H3,(H,17,18). The van der Waals surface area contributed by atoms with E-state index in [0.717, 1.165) is 29.3 Å². The van der Waals surface area contributed by atoms with Gasteiger partial charge >= 0.3 is 0 Å². The van der Waals surface area contributed by atoms with Crippen LogP contribution in [0.4, 0.5) is 0 Å². The molecule has 0 radical (unpaired) electrons. The summed E-state index contributed by atoms with van der Waals surface area (Å²) >= 11 is 0. The summed E-state index contributed by atoms with van der Waals surface area (Å²) in [6.45, 7) is 2.66. The fourth-order valence-corrected chi connectivity index (χ4v) is 1.93. The third-order valence-electron chi connectivity index (χ3n) is 2.97. The first-order valence-electron chi connectivity index (χ1n) is 6.40. The fourth-order valence-electron chi connectivity index (χ4n) is 1.93. The van der Waals surface area contributed by atoms with Gasteiger partial charge in [0.05, 0.1) is 5.52 Å². The number of amides is 1. The lowest BCUT2D eigenvalue weighted by molar-refractivity contribution is -0.121. The van der Waals surface area contributed by atoms with Crippen LogP contribution in [0.5, 0.6) is 0 Å². The first-order chi connectivity index (χ1) is 8.81. The monoisotopic (exact) mass is 242 g/mol. The minimum absolute atomic E-state index is 0.123. The van der Waals surface area contributed by atoms with Gasteiger partial charge in [-0.1, -0.05) is 31.5 Å². The number of hydrogen-bond donors (Lipinski definition) is 1. The molecule has 0 bridgehead atoms. The van der Waals surface area contributed by atoms with Crippen LogP contribution >= 0.6 is 0 Å². The molecule has 0 saturated carbocycles. The van der Waals surface area contributed by atoms with Gasteiger partial charge < -0.3 is 5.32 Å². The summed E-state index contributed by atoms with van der Waals surface area (Å²) in [6.07, 6.45) is 4.39. The molecule has 0 aliphatic carbocycles. The number of para-hydroxylation sites is 1. The number of pyridine rings is 1. The van der Waals surface area contributed by atoms with Gasteiger partial charge in [0.1, 0.15) is 0 Å². The first kappa shape index (κ1) is 12.6. The lowest BCUT2D eigenvalue weighted by Crippen LogP contribution is -2.22. The van der Waals surface area contributed by atoms with Crippen molar-refractivity contribution < 1.29 is 4.79 Å². The lowest BCUT2D eigenvalue weighted by atomic mass is 10.1. The smallest absolute Gasteiger partial charge is 0.220 e. The van der Waals surface area contributed by atoms with Gasteiger partial charge in [0.2, 0.25) is 5.91 Å². The summed E-state index contributed by atoms with van der Waals surface area (Å²) in [4.78, 5) is 15.9. The van der Waals surface area contributed by atoms with Crippen molar-refractivity contribution in [2.24, 2.45) is 0 Å². The van der Waals surface area contributed by atoms with Gasteiger partial charge in [0.15, 0.2) is 0 Å². The van der Waals surface area contributed by atoms with E-state index in [2.05, 4.69) is 17.2 Å². The molecule has 0 spiro atoms. The number of nitrogens with one attached hydrogen (secondary N) is 1. The SMILES string of the molecule is CCCCC(=O)NCc1ccnc2ccccc12. The average molecular weight is 242 g/mol. The van der Waals surface area contributed by atoms with Crippen LogP contribution in [-0.2, 0) is 11.3 Å². The second-order valence-electron chi connectivity index (χ2n) is 4.37. The van der Waals surface area contributed by atoms with Crippen molar-refractivity contribution in [2.75, 3.05) is 0 Å². The maximum atomic E-state index is 11.6. The molecule has 0 aliphatic heterocycles. The molecule has 0 fully saturated rings. The molecule has 0 saturated heterocycles. The second-order valence-corrected chi connectivity index (χ2v) is 4.37. The Morgan fingerprint density at radius 2 is 2.11 bits per heavy atom. The van der Waals surface area contributed by atoms with Crippen LogP contribution in [0.1, 0.15) is 31.7 Å². The molecule has 2 rings (SSSR count). The molecule has 3 heteroatoms. The number of benzene rings is 1. The van der Waals surface area contributed by atoms with Crippen LogP contribution < -0.4 is 5.32 Å². The second kappa shape index (κ2) is 6.15. The summed E-state index contributed by atoms with van der Waals surface area (Å²) in [5.74, 6) is 0.123. The molecule has 2 aromatic rings. The molecule has 3 nitrogen and oxygen atoms in total. The molecule has 0 aliphatic rings. The minimum atomic E-state index is 0.123. The number of aromatic nitrogens is 1. The van der Waals surface area contributed by atoms with Gasteiger partial charge in [-0.2, -0.15) is 0 Å². The van der Waals surface area contributed by atoms with Gasteiger partial charge in [0, 0.05) is 24.5 Å². The van der Waals surface area contributed by atoms with Crippen molar-refractivity contribution in [3.8, 4) is 0 Å². The van der Waals surface area contributed by atoms with Crippen molar-refractivity contribution in [2.45, 2.75) is 32.7 Å². The number of carbonyl (C=O) groups excluding carboxylic acids is 1. The average Bonchev–Trinajstić information content (AvgIpc) is 2.42. The number of carbonyl (C=O) groups is 1. The van der Waals surface area contributed by atoms with E-state index in [4.69, 9.17) is 0 Å².